The van der Waals surface area contributed by atoms with Gasteiger partial charge in [-0.1, -0.05) is 18.2 Å². The number of hydrogen-bond donors (Lipinski definition) is 1. The standard InChI is InChI=1S/C17H18FNO3/c1-11(2)22-17(20)12-7-8-16(15(19)9-12)21-10-13-5-3-4-6-14(13)18/h3-9,11H,10,19H2,1-2H3. The van der Waals surface area contributed by atoms with E-state index in [0.717, 1.165) is 0 Å². The fraction of sp³-hybridized carbons (Fsp3) is 0.235. The Morgan fingerprint density at radius 1 is 1.23 bits per heavy atom. The number of esters is 1. The second-order valence-electron chi connectivity index (χ2n) is 5.09. The molecule has 0 saturated carbocycles. The molecular formula is C17H18FNO3. The minimum absolute atomic E-state index is 0.0622. The van der Waals surface area contributed by atoms with Gasteiger partial charge < -0.3 is 15.2 Å². The number of anilines is 1. The van der Waals surface area contributed by atoms with Crippen molar-refractivity contribution >= 4 is 11.7 Å². The summed E-state index contributed by atoms with van der Waals surface area (Å²) in [5.41, 5.74) is 6.95. The first-order valence-electron chi connectivity index (χ1n) is 6.94. The minimum atomic E-state index is -0.442. The van der Waals surface area contributed by atoms with Crippen molar-refractivity contribution in [2.75, 3.05) is 5.73 Å². The van der Waals surface area contributed by atoms with Crippen molar-refractivity contribution in [1.29, 1.82) is 0 Å². The Morgan fingerprint density at radius 2 is 1.95 bits per heavy atom. The van der Waals surface area contributed by atoms with E-state index in [1.807, 2.05) is 0 Å². The van der Waals surface area contributed by atoms with E-state index in [9.17, 15) is 9.18 Å². The second kappa shape index (κ2) is 6.93. The summed E-state index contributed by atoms with van der Waals surface area (Å²) in [6.07, 6.45) is -0.203. The van der Waals surface area contributed by atoms with Crippen LogP contribution in [0.4, 0.5) is 10.1 Å². The first-order valence-corrected chi connectivity index (χ1v) is 6.94. The molecule has 0 aliphatic rings. The SMILES string of the molecule is CC(C)OC(=O)c1ccc(OCc2ccccc2F)c(N)c1. The van der Waals surface area contributed by atoms with E-state index in [-0.39, 0.29) is 18.5 Å². The lowest BCUT2D eigenvalue weighted by Gasteiger charge is -2.12. The molecule has 5 heteroatoms. The molecule has 0 aliphatic heterocycles. The van der Waals surface area contributed by atoms with Crippen LogP contribution >= 0.6 is 0 Å². The van der Waals surface area contributed by atoms with E-state index in [1.54, 1.807) is 44.2 Å². The van der Waals surface area contributed by atoms with Gasteiger partial charge in [-0.3, -0.25) is 0 Å². The molecule has 22 heavy (non-hydrogen) atoms. The maximum Gasteiger partial charge on any atom is 0.338 e. The van der Waals surface area contributed by atoms with E-state index in [2.05, 4.69) is 0 Å². The van der Waals surface area contributed by atoms with Gasteiger partial charge in [-0.15, -0.1) is 0 Å². The Hall–Kier alpha value is -2.56. The van der Waals surface area contributed by atoms with Crippen molar-refractivity contribution in [2.45, 2.75) is 26.6 Å². The van der Waals surface area contributed by atoms with Crippen LogP contribution in [-0.4, -0.2) is 12.1 Å². The van der Waals surface area contributed by atoms with Gasteiger partial charge in [-0.2, -0.15) is 0 Å². The van der Waals surface area contributed by atoms with Gasteiger partial charge in [0, 0.05) is 5.56 Å². The van der Waals surface area contributed by atoms with Gasteiger partial charge in [0.25, 0.3) is 0 Å². The van der Waals surface area contributed by atoms with Crippen molar-refractivity contribution in [1.82, 2.24) is 0 Å². The van der Waals surface area contributed by atoms with E-state index in [0.29, 0.717) is 22.6 Å². The number of nitrogens with two attached hydrogens (primary N) is 1. The van der Waals surface area contributed by atoms with Crippen LogP contribution in [0.15, 0.2) is 42.5 Å². The number of nitrogen functional groups attached to an aromatic ring is 1. The lowest BCUT2D eigenvalue weighted by molar-refractivity contribution is 0.0378. The van der Waals surface area contributed by atoms with E-state index in [4.69, 9.17) is 15.2 Å². The van der Waals surface area contributed by atoms with E-state index < -0.39 is 5.97 Å². The van der Waals surface area contributed by atoms with Crippen LogP contribution in [0, 0.1) is 5.82 Å². The summed E-state index contributed by atoms with van der Waals surface area (Å²) < 4.78 is 24.1. The molecule has 2 N–H and O–H groups in total. The van der Waals surface area contributed by atoms with Gasteiger partial charge in [-0.25, -0.2) is 9.18 Å². The molecule has 0 aromatic heterocycles. The zero-order chi connectivity index (χ0) is 16.1. The van der Waals surface area contributed by atoms with Crippen LogP contribution in [0.25, 0.3) is 0 Å². The summed E-state index contributed by atoms with van der Waals surface area (Å²) in [4.78, 5) is 11.8. The van der Waals surface area contributed by atoms with Crippen LogP contribution in [0.1, 0.15) is 29.8 Å². The highest BCUT2D eigenvalue weighted by atomic mass is 19.1. The molecule has 116 valence electrons. The minimum Gasteiger partial charge on any atom is -0.487 e. The third-order valence-corrected chi connectivity index (χ3v) is 2.93. The lowest BCUT2D eigenvalue weighted by Crippen LogP contribution is -2.12. The summed E-state index contributed by atoms with van der Waals surface area (Å²) in [6.45, 7) is 3.60. The summed E-state index contributed by atoms with van der Waals surface area (Å²) >= 11 is 0. The topological polar surface area (TPSA) is 61.5 Å². The quantitative estimate of drug-likeness (QED) is 0.678. The van der Waals surface area contributed by atoms with Crippen molar-refractivity contribution in [3.05, 3.63) is 59.4 Å². The van der Waals surface area contributed by atoms with Crippen LogP contribution in [0.5, 0.6) is 5.75 Å². The van der Waals surface area contributed by atoms with Crippen LogP contribution in [0.3, 0.4) is 0 Å². The highest BCUT2D eigenvalue weighted by Gasteiger charge is 2.12. The average Bonchev–Trinajstić information content (AvgIpc) is 2.46. The average molecular weight is 303 g/mol. The monoisotopic (exact) mass is 303 g/mol. The molecule has 0 spiro atoms. The highest BCUT2D eigenvalue weighted by Crippen LogP contribution is 2.24. The Morgan fingerprint density at radius 3 is 2.59 bits per heavy atom. The molecule has 0 amide bonds. The predicted molar refractivity (Wildman–Crippen MR) is 82.1 cm³/mol. The largest absolute Gasteiger partial charge is 0.487 e. The fourth-order valence-electron chi connectivity index (χ4n) is 1.86. The van der Waals surface area contributed by atoms with E-state index >= 15 is 0 Å². The lowest BCUT2D eigenvalue weighted by atomic mass is 10.2. The van der Waals surface area contributed by atoms with Crippen molar-refractivity contribution < 1.29 is 18.7 Å². The molecule has 0 radical (unpaired) electrons. The number of hydrogen-bond acceptors (Lipinski definition) is 4. The molecule has 0 saturated heterocycles. The number of rotatable bonds is 5. The van der Waals surface area contributed by atoms with Gasteiger partial charge in [0.2, 0.25) is 0 Å². The fourth-order valence-corrected chi connectivity index (χ4v) is 1.86. The molecule has 2 aromatic rings. The summed E-state index contributed by atoms with van der Waals surface area (Å²) in [7, 11) is 0. The number of ether oxygens (including phenoxy) is 2. The molecule has 4 nitrogen and oxygen atoms in total. The van der Waals surface area contributed by atoms with Gasteiger partial charge in [0.05, 0.1) is 17.4 Å². The van der Waals surface area contributed by atoms with Gasteiger partial charge >= 0.3 is 5.97 Å². The molecule has 0 fully saturated rings. The Labute approximate surface area is 128 Å². The summed E-state index contributed by atoms with van der Waals surface area (Å²) in [6, 6.07) is 11.0. The molecule has 0 bridgehead atoms. The maximum atomic E-state index is 13.5. The summed E-state index contributed by atoms with van der Waals surface area (Å²) in [5, 5.41) is 0. The van der Waals surface area contributed by atoms with Crippen LogP contribution in [0.2, 0.25) is 0 Å². The Bertz CT molecular complexity index is 671. The molecular weight excluding hydrogens is 285 g/mol. The predicted octanol–water partition coefficient (Wildman–Crippen LogP) is 3.55. The number of benzene rings is 2. The maximum absolute atomic E-state index is 13.5. The first kappa shape index (κ1) is 15.8. The molecule has 0 heterocycles. The zero-order valence-corrected chi connectivity index (χ0v) is 12.5. The third kappa shape index (κ3) is 3.97. The normalized spacial score (nSPS) is 10.5. The highest BCUT2D eigenvalue weighted by molar-refractivity contribution is 5.91. The van der Waals surface area contributed by atoms with Crippen LogP contribution < -0.4 is 10.5 Å². The van der Waals surface area contributed by atoms with Gasteiger partial charge in [-0.05, 0) is 38.1 Å². The zero-order valence-electron chi connectivity index (χ0n) is 12.5. The van der Waals surface area contributed by atoms with Crippen LogP contribution in [-0.2, 0) is 11.3 Å². The van der Waals surface area contributed by atoms with E-state index in [1.165, 1.54) is 12.1 Å². The third-order valence-electron chi connectivity index (χ3n) is 2.93. The summed E-state index contributed by atoms with van der Waals surface area (Å²) in [5.74, 6) is -0.384. The first-order chi connectivity index (χ1) is 10.5. The van der Waals surface area contributed by atoms with Crippen molar-refractivity contribution in [3.8, 4) is 5.75 Å². The molecule has 2 rings (SSSR count). The van der Waals surface area contributed by atoms with Crippen molar-refractivity contribution in [2.24, 2.45) is 0 Å². The Kier molecular flexibility index (Phi) is 4.99. The number of halogens is 1. The second-order valence-corrected chi connectivity index (χ2v) is 5.09. The van der Waals surface area contributed by atoms with Crippen molar-refractivity contribution in [3.63, 3.8) is 0 Å². The molecule has 0 atom stereocenters. The molecule has 0 unspecified atom stereocenters. The number of carbonyl (C=O) groups excluding carboxylic acids is 1. The Balaban J connectivity index is 2.07. The molecule has 0 aliphatic carbocycles. The molecule has 2 aromatic carbocycles. The smallest absolute Gasteiger partial charge is 0.338 e. The van der Waals surface area contributed by atoms with Gasteiger partial charge in [0.1, 0.15) is 18.2 Å². The number of carbonyl (C=O) groups is 1. The van der Waals surface area contributed by atoms with Gasteiger partial charge in [0.15, 0.2) is 0 Å².